The van der Waals surface area contributed by atoms with Gasteiger partial charge in [-0.15, -0.1) is 0 Å². The molecule has 0 aliphatic carbocycles. The number of rotatable bonds is 11. The van der Waals surface area contributed by atoms with Crippen molar-refractivity contribution in [2.45, 2.75) is 59.3 Å². The zero-order valence-corrected chi connectivity index (χ0v) is 13.4. The molecule has 5 nitrogen and oxygen atoms in total. The Kier molecular flexibility index (Phi) is 19.4. The van der Waals surface area contributed by atoms with E-state index in [1.807, 2.05) is 6.92 Å². The molecule has 0 saturated carbocycles. The average molecular weight is 288 g/mol. The molecule has 110 valence electrons. The monoisotopic (exact) mass is 288 g/mol. The van der Waals surface area contributed by atoms with E-state index in [1.54, 1.807) is 0 Å². The molecule has 0 atom stereocenters. The van der Waals surface area contributed by atoms with Crippen LogP contribution in [-0.2, 0) is 17.2 Å². The summed E-state index contributed by atoms with van der Waals surface area (Å²) in [5.74, 6) is -1.51. The number of carbonyl (C=O) groups is 2. The number of carboxylic acids is 1. The van der Waals surface area contributed by atoms with E-state index in [0.29, 0.717) is 6.42 Å². The van der Waals surface area contributed by atoms with E-state index in [1.165, 1.54) is 0 Å². The van der Waals surface area contributed by atoms with E-state index in [2.05, 4.69) is 13.8 Å². The molecule has 0 radical (unpaired) electrons. The van der Waals surface area contributed by atoms with Gasteiger partial charge in [0.15, 0.2) is 0 Å². The Morgan fingerprint density at radius 3 is 1.89 bits per heavy atom. The van der Waals surface area contributed by atoms with Crippen LogP contribution in [0.4, 0.5) is 0 Å². The summed E-state index contributed by atoms with van der Waals surface area (Å²) < 4.78 is 10.3. The number of unbranched alkanes of at least 4 members (excludes halogenated alkanes) is 1. The van der Waals surface area contributed by atoms with Crippen molar-refractivity contribution in [3.63, 3.8) is 0 Å². The molecule has 0 aromatic carbocycles. The summed E-state index contributed by atoms with van der Waals surface area (Å²) in [6, 6.07) is 0. The van der Waals surface area contributed by atoms with Crippen LogP contribution in [0.3, 0.4) is 0 Å². The summed E-state index contributed by atoms with van der Waals surface area (Å²) in [6.45, 7) is 7.84. The van der Waals surface area contributed by atoms with Gasteiger partial charge >= 0.3 is 63.4 Å². The molecule has 0 bridgehead atoms. The fourth-order valence-electron chi connectivity index (χ4n) is 1.00. The van der Waals surface area contributed by atoms with Crippen LogP contribution < -0.4 is 5.11 Å². The summed E-state index contributed by atoms with van der Waals surface area (Å²) in [7, 11) is 0. The summed E-state index contributed by atoms with van der Waals surface area (Å²) in [5.41, 5.74) is 0. The molecular weight excluding hydrogens is 263 g/mol. The van der Waals surface area contributed by atoms with Gasteiger partial charge in [0.25, 0.3) is 0 Å². The van der Waals surface area contributed by atoms with Crippen LogP contribution in [0.5, 0.6) is 0 Å². The molecule has 0 N–H and O–H groups in total. The fraction of sp³-hybridized carbons (Fsp3) is 0.846. The fourth-order valence-corrected chi connectivity index (χ4v) is 1.76. The first kappa shape index (κ1) is 20.9. The quantitative estimate of drug-likeness (QED) is 0.325. The van der Waals surface area contributed by atoms with E-state index in [4.69, 9.17) is 7.58 Å². The standard InChI is InChI=1S/C7H12O3.2C3H7O.Al/c1-2-3-4-6(8)5-7(9)10;2*1-2-3-4;/h2-5H2,1H3,(H,9,10);2*2-3H2,1H3;/q;2*-1;+3/p-1. The van der Waals surface area contributed by atoms with Crippen molar-refractivity contribution in [3.05, 3.63) is 0 Å². The molecule has 0 saturated heterocycles. The molecule has 6 heteroatoms. The third-order valence-corrected chi connectivity index (χ3v) is 2.67. The molecule has 19 heavy (non-hydrogen) atoms. The van der Waals surface area contributed by atoms with E-state index in [-0.39, 0.29) is 21.7 Å². The zero-order valence-electron chi connectivity index (χ0n) is 12.3. The molecule has 0 rings (SSSR count). The van der Waals surface area contributed by atoms with E-state index in [9.17, 15) is 14.7 Å². The Labute approximate surface area is 123 Å². The van der Waals surface area contributed by atoms with Gasteiger partial charge in [-0.05, 0) is 6.42 Å². The van der Waals surface area contributed by atoms with Crippen molar-refractivity contribution in [3.8, 4) is 0 Å². The van der Waals surface area contributed by atoms with Crippen LogP contribution in [0.25, 0.3) is 0 Å². The molecule has 0 heterocycles. The summed E-state index contributed by atoms with van der Waals surface area (Å²) in [6.07, 6.45) is 3.79. The number of Topliss-reactive ketones (excluding diaryl/α,β-unsaturated/α-hetero) is 1. The van der Waals surface area contributed by atoms with Crippen molar-refractivity contribution in [2.24, 2.45) is 0 Å². The van der Waals surface area contributed by atoms with Gasteiger partial charge in [0, 0.05) is 18.8 Å². The minimum atomic E-state index is -1.28. The minimum absolute atomic E-state index is 0.182. The maximum absolute atomic E-state index is 10.6. The molecule has 0 aromatic heterocycles. The van der Waals surface area contributed by atoms with Gasteiger partial charge in [0.1, 0.15) is 5.78 Å². The Hall–Kier alpha value is -0.408. The Morgan fingerprint density at radius 1 is 1.00 bits per heavy atom. The van der Waals surface area contributed by atoms with Crippen LogP contribution in [0, 0.1) is 0 Å². The molecule has 0 aliphatic rings. The third kappa shape index (κ3) is 23.2. The maximum atomic E-state index is 10.6. The van der Waals surface area contributed by atoms with Gasteiger partial charge in [0.05, 0.1) is 0 Å². The van der Waals surface area contributed by atoms with Crippen molar-refractivity contribution in [2.75, 3.05) is 13.2 Å². The molecule has 0 aliphatic heterocycles. The second kappa shape index (κ2) is 17.6. The van der Waals surface area contributed by atoms with Gasteiger partial charge < -0.3 is 9.90 Å². The SMILES string of the molecule is CCCCC(=O)CC(=O)[O-].CCC[O][Al+][O]CCC. The number of carbonyl (C=O) groups excluding carboxylic acids is 2. The average Bonchev–Trinajstić information content (AvgIpc) is 2.36. The van der Waals surface area contributed by atoms with Crippen LogP contribution >= 0.6 is 0 Å². The Balaban J connectivity index is 0. The van der Waals surface area contributed by atoms with Crippen LogP contribution in [-0.4, -0.2) is 40.9 Å². The molecule has 0 fully saturated rings. The molecule has 0 amide bonds. The first-order valence-electron chi connectivity index (χ1n) is 6.84. The van der Waals surface area contributed by atoms with Crippen LogP contribution in [0.15, 0.2) is 0 Å². The van der Waals surface area contributed by atoms with Crippen molar-refractivity contribution >= 4 is 27.6 Å². The van der Waals surface area contributed by atoms with Crippen LogP contribution in [0.1, 0.15) is 59.3 Å². The second-order valence-corrected chi connectivity index (χ2v) is 4.89. The molecule has 0 unspecified atom stereocenters. The van der Waals surface area contributed by atoms with Crippen molar-refractivity contribution < 1.29 is 22.3 Å². The zero-order chi connectivity index (χ0) is 14.9. The normalized spacial score (nSPS) is 9.21. The van der Waals surface area contributed by atoms with Gasteiger partial charge in [-0.2, -0.15) is 0 Å². The van der Waals surface area contributed by atoms with Gasteiger partial charge in [0.2, 0.25) is 0 Å². The Bertz CT molecular complexity index is 215. The number of hydrogen-bond acceptors (Lipinski definition) is 5. The van der Waals surface area contributed by atoms with Gasteiger partial charge in [-0.3, -0.25) is 4.79 Å². The molecule has 0 aromatic rings. The topological polar surface area (TPSA) is 75.7 Å². The molecule has 0 spiro atoms. The number of carboxylic acid groups (broad SMARTS) is 1. The van der Waals surface area contributed by atoms with E-state index in [0.717, 1.165) is 38.9 Å². The summed E-state index contributed by atoms with van der Waals surface area (Å²) >= 11 is -0.182. The predicted molar refractivity (Wildman–Crippen MR) is 72.4 cm³/mol. The first-order valence-corrected chi connectivity index (χ1v) is 7.79. The third-order valence-electron chi connectivity index (χ3n) is 1.93. The van der Waals surface area contributed by atoms with E-state index < -0.39 is 12.4 Å². The predicted octanol–water partition coefficient (Wildman–Crippen LogP) is 1.26. The van der Waals surface area contributed by atoms with Crippen molar-refractivity contribution in [1.82, 2.24) is 0 Å². The molecular formula is C13H25AlO5. The Morgan fingerprint density at radius 2 is 1.53 bits per heavy atom. The second-order valence-electron chi connectivity index (χ2n) is 4.03. The van der Waals surface area contributed by atoms with Crippen molar-refractivity contribution in [1.29, 1.82) is 0 Å². The number of ketones is 1. The first-order chi connectivity index (χ1) is 9.08. The van der Waals surface area contributed by atoms with E-state index >= 15 is 0 Å². The number of aliphatic carboxylic acids is 1. The summed E-state index contributed by atoms with van der Waals surface area (Å²) in [5, 5.41) is 9.84. The summed E-state index contributed by atoms with van der Waals surface area (Å²) in [4.78, 5) is 20.4. The van der Waals surface area contributed by atoms with Crippen LogP contribution in [0.2, 0.25) is 0 Å². The number of hydrogen-bond donors (Lipinski definition) is 0. The van der Waals surface area contributed by atoms with Gasteiger partial charge in [-0.25, -0.2) is 0 Å². The van der Waals surface area contributed by atoms with Gasteiger partial charge in [-0.1, -0.05) is 13.3 Å².